The summed E-state index contributed by atoms with van der Waals surface area (Å²) in [6.45, 7) is 2.44. The summed E-state index contributed by atoms with van der Waals surface area (Å²) >= 11 is 1.56. The molecule has 0 N–H and O–H groups in total. The lowest BCUT2D eigenvalue weighted by Crippen LogP contribution is -2.27. The van der Waals surface area contributed by atoms with Gasteiger partial charge in [0.15, 0.2) is 0 Å². The Balaban J connectivity index is 1.89. The Morgan fingerprint density at radius 2 is 1.76 bits per heavy atom. The number of benzene rings is 2. The molecule has 0 bridgehead atoms. The van der Waals surface area contributed by atoms with Crippen LogP contribution in [0.4, 0.5) is 0 Å². The van der Waals surface area contributed by atoms with E-state index in [4.69, 9.17) is 9.72 Å². The normalized spacial score (nSPS) is 10.8. The molecule has 0 spiro atoms. The highest BCUT2D eigenvalue weighted by Crippen LogP contribution is 2.30. The van der Waals surface area contributed by atoms with Gasteiger partial charge in [-0.15, -0.1) is 11.3 Å². The van der Waals surface area contributed by atoms with Crippen molar-refractivity contribution in [2.45, 2.75) is 19.9 Å². The van der Waals surface area contributed by atoms with E-state index in [2.05, 4.69) is 12.1 Å². The first kappa shape index (κ1) is 19.2. The minimum Gasteiger partial charge on any atom is -0.496 e. The standard InChI is InChI=1S/C24H22N2O2S/c1-17-22(21-13-8-16-29-21)24(27)26(15-14-18-9-4-3-5-10-18)23(25-17)19-11-6-7-12-20(19)28-2/h3-13,16H,14-15H2,1-2H3. The van der Waals surface area contributed by atoms with Crippen molar-refractivity contribution in [3.8, 4) is 27.6 Å². The number of ether oxygens (including phenoxy) is 1. The molecule has 4 nitrogen and oxygen atoms in total. The smallest absolute Gasteiger partial charge is 0.262 e. The number of nitrogens with zero attached hydrogens (tertiary/aromatic N) is 2. The molecule has 4 aromatic rings. The van der Waals surface area contributed by atoms with E-state index < -0.39 is 0 Å². The first-order chi connectivity index (χ1) is 14.2. The minimum absolute atomic E-state index is 0.0169. The van der Waals surface area contributed by atoms with E-state index in [1.807, 2.05) is 66.9 Å². The number of hydrogen-bond donors (Lipinski definition) is 0. The third-order valence-electron chi connectivity index (χ3n) is 4.93. The minimum atomic E-state index is -0.0169. The third kappa shape index (κ3) is 3.87. The Labute approximate surface area is 174 Å². The molecule has 0 aliphatic carbocycles. The van der Waals surface area contributed by atoms with Crippen LogP contribution < -0.4 is 10.3 Å². The maximum absolute atomic E-state index is 13.6. The molecule has 146 valence electrons. The number of aryl methyl sites for hydroxylation is 2. The third-order valence-corrected chi connectivity index (χ3v) is 5.82. The van der Waals surface area contributed by atoms with Crippen molar-refractivity contribution < 1.29 is 4.74 Å². The van der Waals surface area contributed by atoms with Crippen molar-refractivity contribution in [3.63, 3.8) is 0 Å². The van der Waals surface area contributed by atoms with Gasteiger partial charge in [0.05, 0.1) is 23.9 Å². The molecule has 2 aromatic carbocycles. The highest BCUT2D eigenvalue weighted by atomic mass is 32.1. The van der Waals surface area contributed by atoms with Crippen LogP contribution in [-0.2, 0) is 13.0 Å². The first-order valence-electron chi connectivity index (χ1n) is 9.51. The van der Waals surface area contributed by atoms with Crippen LogP contribution in [0.1, 0.15) is 11.3 Å². The van der Waals surface area contributed by atoms with Crippen LogP contribution in [0, 0.1) is 6.92 Å². The van der Waals surface area contributed by atoms with Gasteiger partial charge in [-0.2, -0.15) is 0 Å². The second-order valence-electron chi connectivity index (χ2n) is 6.77. The van der Waals surface area contributed by atoms with Crippen LogP contribution in [0.15, 0.2) is 76.9 Å². The molecule has 0 saturated heterocycles. The topological polar surface area (TPSA) is 44.1 Å². The number of methoxy groups -OCH3 is 1. The lowest BCUT2D eigenvalue weighted by Gasteiger charge is -2.17. The fraction of sp³-hybridized carbons (Fsp3) is 0.167. The predicted octanol–water partition coefficient (Wildman–Crippen LogP) is 5.20. The molecule has 0 fully saturated rings. The molecule has 29 heavy (non-hydrogen) atoms. The maximum Gasteiger partial charge on any atom is 0.262 e. The van der Waals surface area contributed by atoms with Gasteiger partial charge in [-0.25, -0.2) is 4.98 Å². The zero-order valence-electron chi connectivity index (χ0n) is 16.5. The van der Waals surface area contributed by atoms with Crippen LogP contribution in [-0.4, -0.2) is 16.7 Å². The van der Waals surface area contributed by atoms with Crippen LogP contribution in [0.2, 0.25) is 0 Å². The summed E-state index contributed by atoms with van der Waals surface area (Å²) < 4.78 is 7.33. The van der Waals surface area contributed by atoms with Gasteiger partial charge in [0.2, 0.25) is 0 Å². The SMILES string of the molecule is COc1ccccc1-c1nc(C)c(-c2cccs2)c(=O)n1CCc1ccccc1. The molecule has 0 amide bonds. The molecule has 0 saturated carbocycles. The second-order valence-corrected chi connectivity index (χ2v) is 7.71. The van der Waals surface area contributed by atoms with Crippen molar-refractivity contribution in [1.29, 1.82) is 0 Å². The van der Waals surface area contributed by atoms with Gasteiger partial charge in [0.1, 0.15) is 11.6 Å². The molecule has 0 atom stereocenters. The molecule has 0 unspecified atom stereocenters. The van der Waals surface area contributed by atoms with E-state index >= 15 is 0 Å². The van der Waals surface area contributed by atoms with Crippen molar-refractivity contribution in [3.05, 3.63) is 93.7 Å². The largest absolute Gasteiger partial charge is 0.496 e. The second kappa shape index (κ2) is 8.45. The quantitative estimate of drug-likeness (QED) is 0.445. The molecule has 0 aliphatic rings. The average molecular weight is 403 g/mol. The molecular formula is C24H22N2O2S. The Bertz CT molecular complexity index is 1170. The fourth-order valence-electron chi connectivity index (χ4n) is 3.49. The summed E-state index contributed by atoms with van der Waals surface area (Å²) in [5, 5.41) is 1.98. The highest BCUT2D eigenvalue weighted by molar-refractivity contribution is 7.13. The van der Waals surface area contributed by atoms with Gasteiger partial charge in [-0.3, -0.25) is 9.36 Å². The van der Waals surface area contributed by atoms with Crippen LogP contribution in [0.25, 0.3) is 21.8 Å². The Kier molecular flexibility index (Phi) is 5.58. The Morgan fingerprint density at radius 1 is 1.00 bits per heavy atom. The number of rotatable bonds is 6. The van der Waals surface area contributed by atoms with Crippen LogP contribution in [0.3, 0.4) is 0 Å². The monoisotopic (exact) mass is 402 g/mol. The molecule has 2 heterocycles. The highest BCUT2D eigenvalue weighted by Gasteiger charge is 2.19. The lowest BCUT2D eigenvalue weighted by molar-refractivity contribution is 0.415. The summed E-state index contributed by atoms with van der Waals surface area (Å²) in [6.07, 6.45) is 0.748. The van der Waals surface area contributed by atoms with Gasteiger partial charge >= 0.3 is 0 Å². The molecule has 4 rings (SSSR count). The zero-order valence-corrected chi connectivity index (χ0v) is 17.3. The Hall–Kier alpha value is -3.18. The van der Waals surface area contributed by atoms with Crippen LogP contribution in [0.5, 0.6) is 5.75 Å². The van der Waals surface area contributed by atoms with Crippen LogP contribution >= 0.6 is 11.3 Å². The van der Waals surface area contributed by atoms with Crippen molar-refractivity contribution >= 4 is 11.3 Å². The number of para-hydroxylation sites is 1. The lowest BCUT2D eigenvalue weighted by atomic mass is 10.1. The maximum atomic E-state index is 13.6. The summed E-state index contributed by atoms with van der Waals surface area (Å²) in [5.41, 5.74) is 3.39. The van der Waals surface area contributed by atoms with E-state index in [0.29, 0.717) is 23.7 Å². The zero-order chi connectivity index (χ0) is 20.2. The Morgan fingerprint density at radius 3 is 2.48 bits per heavy atom. The predicted molar refractivity (Wildman–Crippen MR) is 119 cm³/mol. The van der Waals surface area contributed by atoms with Gasteiger partial charge in [0, 0.05) is 11.4 Å². The summed E-state index contributed by atoms with van der Waals surface area (Å²) in [6, 6.07) is 21.8. The van der Waals surface area contributed by atoms with Crippen molar-refractivity contribution in [1.82, 2.24) is 9.55 Å². The van der Waals surface area contributed by atoms with Gasteiger partial charge in [-0.05, 0) is 42.5 Å². The average Bonchev–Trinajstić information content (AvgIpc) is 3.28. The van der Waals surface area contributed by atoms with E-state index in [-0.39, 0.29) is 5.56 Å². The van der Waals surface area contributed by atoms with E-state index in [9.17, 15) is 4.79 Å². The number of hydrogen-bond acceptors (Lipinski definition) is 4. The number of thiophene rings is 1. The van der Waals surface area contributed by atoms with Gasteiger partial charge in [0.25, 0.3) is 5.56 Å². The van der Waals surface area contributed by atoms with E-state index in [1.54, 1.807) is 23.0 Å². The summed E-state index contributed by atoms with van der Waals surface area (Å²) in [5.74, 6) is 1.34. The summed E-state index contributed by atoms with van der Waals surface area (Å²) in [7, 11) is 1.64. The molecule has 5 heteroatoms. The summed E-state index contributed by atoms with van der Waals surface area (Å²) in [4.78, 5) is 19.4. The first-order valence-corrected chi connectivity index (χ1v) is 10.4. The van der Waals surface area contributed by atoms with Crippen molar-refractivity contribution in [2.24, 2.45) is 0 Å². The fourth-order valence-corrected chi connectivity index (χ4v) is 4.31. The molecule has 2 aromatic heterocycles. The van der Waals surface area contributed by atoms with E-state index in [1.165, 1.54) is 5.56 Å². The van der Waals surface area contributed by atoms with Gasteiger partial charge in [-0.1, -0.05) is 48.5 Å². The van der Waals surface area contributed by atoms with Crippen molar-refractivity contribution in [2.75, 3.05) is 7.11 Å². The molecule has 0 aliphatic heterocycles. The molecule has 0 radical (unpaired) electrons. The van der Waals surface area contributed by atoms with E-state index in [0.717, 1.165) is 22.6 Å². The number of aromatic nitrogens is 2. The van der Waals surface area contributed by atoms with Gasteiger partial charge < -0.3 is 4.74 Å². The molecular weight excluding hydrogens is 380 g/mol.